The van der Waals surface area contributed by atoms with Crippen LogP contribution in [0.15, 0.2) is 16.8 Å². The lowest BCUT2D eigenvalue weighted by atomic mass is 9.93. The molecule has 2 fully saturated rings. The highest BCUT2D eigenvalue weighted by Gasteiger charge is 2.57. The molecule has 3 nitrogen and oxygen atoms in total. The van der Waals surface area contributed by atoms with Gasteiger partial charge in [-0.05, 0) is 66.4 Å². The summed E-state index contributed by atoms with van der Waals surface area (Å²) in [6.07, 6.45) is 6.42. The maximum absolute atomic E-state index is 12.6. The Bertz CT molecular complexity index is 469. The Hall–Kier alpha value is -0.520. The molecule has 1 atom stereocenters. The van der Waals surface area contributed by atoms with E-state index in [1.165, 1.54) is 24.8 Å². The van der Waals surface area contributed by atoms with Crippen molar-refractivity contribution in [1.82, 2.24) is 10.2 Å². The van der Waals surface area contributed by atoms with E-state index in [0.29, 0.717) is 23.8 Å². The maximum Gasteiger partial charge on any atom is 0.223 e. The van der Waals surface area contributed by atoms with Gasteiger partial charge in [0, 0.05) is 24.8 Å². The Morgan fingerprint density at radius 2 is 2.33 bits per heavy atom. The van der Waals surface area contributed by atoms with E-state index in [4.69, 9.17) is 0 Å². The number of hydrogen-bond acceptors (Lipinski definition) is 4. The van der Waals surface area contributed by atoms with Crippen LogP contribution in [-0.4, -0.2) is 41.9 Å². The molecule has 1 amide bonds. The summed E-state index contributed by atoms with van der Waals surface area (Å²) in [6, 6.07) is 2.63. The lowest BCUT2D eigenvalue weighted by molar-refractivity contribution is -0.132. The molecule has 0 bridgehead atoms. The fourth-order valence-electron chi connectivity index (χ4n) is 3.51. The quantitative estimate of drug-likeness (QED) is 0.873. The van der Waals surface area contributed by atoms with Crippen LogP contribution in [0.3, 0.4) is 0 Å². The minimum atomic E-state index is 0.343. The number of piperidine rings is 1. The van der Waals surface area contributed by atoms with Gasteiger partial charge in [0.1, 0.15) is 0 Å². The van der Waals surface area contributed by atoms with Crippen LogP contribution in [0.25, 0.3) is 0 Å². The Morgan fingerprint density at radius 1 is 1.52 bits per heavy atom. The molecule has 1 saturated carbocycles. The minimum Gasteiger partial charge on any atom is -0.335 e. The third-order valence-electron chi connectivity index (χ3n) is 4.90. The fourth-order valence-corrected chi connectivity index (χ4v) is 4.55. The van der Waals surface area contributed by atoms with Gasteiger partial charge >= 0.3 is 0 Å². The molecule has 1 aliphatic heterocycles. The Balaban J connectivity index is 1.68. The van der Waals surface area contributed by atoms with Gasteiger partial charge in [-0.3, -0.25) is 4.79 Å². The largest absolute Gasteiger partial charge is 0.335 e. The molecule has 0 aromatic carbocycles. The summed E-state index contributed by atoms with van der Waals surface area (Å²) in [4.78, 5) is 14.8. The molecule has 1 saturated heterocycles. The number of amides is 1. The van der Waals surface area contributed by atoms with Crippen LogP contribution in [-0.2, 0) is 11.3 Å². The fraction of sp³-hybridized carbons (Fsp3) is 0.688. The van der Waals surface area contributed by atoms with Gasteiger partial charge in [0.2, 0.25) is 5.91 Å². The molecule has 1 aliphatic carbocycles. The van der Waals surface area contributed by atoms with E-state index < -0.39 is 0 Å². The number of hydrogen-bond donors (Lipinski definition) is 1. The van der Waals surface area contributed by atoms with Crippen LogP contribution in [0.4, 0.5) is 0 Å². The number of carbonyl (C=O) groups is 1. The third-order valence-corrected chi connectivity index (χ3v) is 6.24. The zero-order valence-electron chi connectivity index (χ0n) is 12.6. The van der Waals surface area contributed by atoms with E-state index in [1.807, 2.05) is 0 Å². The van der Waals surface area contributed by atoms with Crippen molar-refractivity contribution in [2.24, 2.45) is 5.41 Å². The first-order valence-electron chi connectivity index (χ1n) is 7.75. The molecule has 2 heterocycles. The zero-order chi connectivity index (χ0) is 14.7. The molecule has 1 unspecified atom stereocenters. The summed E-state index contributed by atoms with van der Waals surface area (Å²) in [7, 11) is 0. The molecule has 1 spiro atoms. The Kier molecular flexibility index (Phi) is 4.92. The van der Waals surface area contributed by atoms with E-state index >= 15 is 0 Å². The summed E-state index contributed by atoms with van der Waals surface area (Å²) >= 11 is 3.48. The Labute approximate surface area is 135 Å². The first-order valence-corrected chi connectivity index (χ1v) is 10.1. The molecule has 116 valence electrons. The summed E-state index contributed by atoms with van der Waals surface area (Å²) in [5.41, 5.74) is 1.71. The number of nitrogens with zero attached hydrogens (tertiary/aromatic N) is 1. The van der Waals surface area contributed by atoms with Crippen molar-refractivity contribution in [3.8, 4) is 0 Å². The predicted molar refractivity (Wildman–Crippen MR) is 90.8 cm³/mol. The second-order valence-electron chi connectivity index (χ2n) is 6.23. The van der Waals surface area contributed by atoms with Gasteiger partial charge in [0.25, 0.3) is 0 Å². The van der Waals surface area contributed by atoms with Crippen LogP contribution in [0, 0.1) is 5.41 Å². The van der Waals surface area contributed by atoms with Gasteiger partial charge < -0.3 is 10.2 Å². The molecular weight excluding hydrogens is 300 g/mol. The second kappa shape index (κ2) is 6.71. The zero-order valence-corrected chi connectivity index (χ0v) is 14.3. The average molecular weight is 325 g/mol. The van der Waals surface area contributed by atoms with Crippen LogP contribution < -0.4 is 5.32 Å². The monoisotopic (exact) mass is 324 g/mol. The maximum atomic E-state index is 12.6. The summed E-state index contributed by atoms with van der Waals surface area (Å²) in [6.45, 7) is 3.03. The number of thiophene rings is 1. The summed E-state index contributed by atoms with van der Waals surface area (Å²) < 4.78 is 0. The van der Waals surface area contributed by atoms with Gasteiger partial charge in [0.05, 0.1) is 0 Å². The third kappa shape index (κ3) is 3.46. The van der Waals surface area contributed by atoms with Crippen LogP contribution in [0.5, 0.6) is 0 Å². The van der Waals surface area contributed by atoms with Gasteiger partial charge in [-0.25, -0.2) is 0 Å². The van der Waals surface area contributed by atoms with E-state index in [-0.39, 0.29) is 0 Å². The highest BCUT2D eigenvalue weighted by molar-refractivity contribution is 7.98. The molecule has 2 aliphatic rings. The SMILES string of the molecule is CSCCC(=O)N(Cc1ccsc1)C1CC12CCNCC2. The van der Waals surface area contributed by atoms with Crippen LogP contribution >= 0.6 is 23.1 Å². The number of thioether (sulfide) groups is 1. The lowest BCUT2D eigenvalue weighted by Gasteiger charge is -2.29. The van der Waals surface area contributed by atoms with Crippen molar-refractivity contribution in [2.45, 2.75) is 38.3 Å². The average Bonchev–Trinajstić information content (AvgIpc) is 2.95. The van der Waals surface area contributed by atoms with Crippen molar-refractivity contribution in [2.75, 3.05) is 25.1 Å². The number of nitrogens with one attached hydrogen (secondary N) is 1. The van der Waals surface area contributed by atoms with Crippen LogP contribution in [0.2, 0.25) is 0 Å². The highest BCUT2D eigenvalue weighted by Crippen LogP contribution is 2.56. The molecular formula is C16H24N2OS2. The first kappa shape index (κ1) is 15.4. The van der Waals surface area contributed by atoms with Gasteiger partial charge in [-0.15, -0.1) is 0 Å². The predicted octanol–water partition coefficient (Wildman–Crippen LogP) is 2.97. The number of carbonyl (C=O) groups excluding carboxylic acids is 1. The van der Waals surface area contributed by atoms with Gasteiger partial charge in [-0.1, -0.05) is 0 Å². The van der Waals surface area contributed by atoms with E-state index in [2.05, 4.69) is 33.3 Å². The lowest BCUT2D eigenvalue weighted by Crippen LogP contribution is -2.39. The van der Waals surface area contributed by atoms with Crippen molar-refractivity contribution in [3.05, 3.63) is 22.4 Å². The van der Waals surface area contributed by atoms with Crippen LogP contribution in [0.1, 0.15) is 31.2 Å². The van der Waals surface area contributed by atoms with Gasteiger partial charge in [-0.2, -0.15) is 23.1 Å². The summed E-state index contributed by atoms with van der Waals surface area (Å²) in [5, 5.41) is 7.72. The second-order valence-corrected chi connectivity index (χ2v) is 7.99. The Morgan fingerprint density at radius 3 is 3.00 bits per heavy atom. The van der Waals surface area contributed by atoms with Crippen molar-refractivity contribution in [3.63, 3.8) is 0 Å². The topological polar surface area (TPSA) is 32.3 Å². The normalized spacial score (nSPS) is 23.2. The van der Waals surface area contributed by atoms with Crippen molar-refractivity contribution < 1.29 is 4.79 Å². The first-order chi connectivity index (χ1) is 10.2. The molecule has 1 N–H and O–H groups in total. The smallest absolute Gasteiger partial charge is 0.223 e. The van der Waals surface area contributed by atoms with E-state index in [1.54, 1.807) is 23.1 Å². The summed E-state index contributed by atoms with van der Waals surface area (Å²) in [5.74, 6) is 1.27. The van der Waals surface area contributed by atoms with E-state index in [0.717, 1.165) is 25.4 Å². The molecule has 1 aromatic rings. The van der Waals surface area contributed by atoms with Gasteiger partial charge in [0.15, 0.2) is 0 Å². The molecule has 21 heavy (non-hydrogen) atoms. The standard InChI is InChI=1S/C16H24N2OS2/c1-20-8-3-15(19)18(11-13-2-9-21-12-13)14-10-16(14)4-6-17-7-5-16/h2,9,12,14,17H,3-8,10-11H2,1H3. The minimum absolute atomic E-state index is 0.343. The van der Waals surface area contributed by atoms with Crippen molar-refractivity contribution >= 4 is 29.0 Å². The number of rotatable bonds is 6. The molecule has 5 heteroatoms. The van der Waals surface area contributed by atoms with Crippen molar-refractivity contribution in [1.29, 1.82) is 0 Å². The molecule has 1 aromatic heterocycles. The molecule has 3 rings (SSSR count). The highest BCUT2D eigenvalue weighted by atomic mass is 32.2. The molecule has 0 radical (unpaired) electrons. The van der Waals surface area contributed by atoms with E-state index in [9.17, 15) is 4.79 Å².